The van der Waals surface area contributed by atoms with Gasteiger partial charge in [-0.1, -0.05) is 44.2 Å². The third kappa shape index (κ3) is 3.44. The third-order valence-electron chi connectivity index (χ3n) is 4.11. The highest BCUT2D eigenvalue weighted by Crippen LogP contribution is 2.28. The zero-order valence-corrected chi connectivity index (χ0v) is 14.9. The molecule has 0 bridgehead atoms. The number of hydrogen-bond acceptors (Lipinski definition) is 3. The van der Waals surface area contributed by atoms with Gasteiger partial charge in [-0.15, -0.1) is 11.3 Å². The normalized spacial score (nSPS) is 12.3. The molecule has 1 aromatic carbocycles. The topological polar surface area (TPSA) is 42.2 Å². The van der Waals surface area contributed by atoms with Crippen molar-refractivity contribution >= 4 is 17.2 Å². The van der Waals surface area contributed by atoms with Crippen molar-refractivity contribution in [3.8, 4) is 0 Å². The van der Waals surface area contributed by atoms with Crippen molar-refractivity contribution in [1.82, 2.24) is 5.32 Å². The predicted molar refractivity (Wildman–Crippen MR) is 97.6 cm³/mol. The summed E-state index contributed by atoms with van der Waals surface area (Å²) in [4.78, 5) is 13.7. The Bertz CT molecular complexity index is 801. The van der Waals surface area contributed by atoms with E-state index in [0.29, 0.717) is 11.7 Å². The fraction of sp³-hybridized carbons (Fsp3) is 0.250. The third-order valence-corrected chi connectivity index (χ3v) is 5.05. The molecule has 0 aliphatic carbocycles. The number of nitrogens with one attached hydrogen (secondary N) is 1. The van der Waals surface area contributed by atoms with E-state index in [-0.39, 0.29) is 11.9 Å². The number of benzene rings is 1. The zero-order valence-electron chi connectivity index (χ0n) is 14.1. The maximum atomic E-state index is 12.6. The summed E-state index contributed by atoms with van der Waals surface area (Å²) in [5.41, 5.74) is 3.20. The molecule has 0 aliphatic rings. The minimum Gasteiger partial charge on any atom is -0.459 e. The van der Waals surface area contributed by atoms with Gasteiger partial charge in [-0.2, -0.15) is 0 Å². The van der Waals surface area contributed by atoms with Crippen LogP contribution in [0, 0.1) is 6.92 Å². The Balaban J connectivity index is 1.90. The smallest absolute Gasteiger partial charge is 0.288 e. The van der Waals surface area contributed by atoms with Gasteiger partial charge in [0.1, 0.15) is 0 Å². The summed E-state index contributed by atoms with van der Waals surface area (Å²) in [7, 11) is 0. The molecule has 0 fully saturated rings. The molecule has 0 saturated heterocycles. The molecule has 4 heteroatoms. The average Bonchev–Trinajstić information content (AvgIpc) is 3.24. The van der Waals surface area contributed by atoms with E-state index in [1.807, 2.05) is 24.4 Å². The number of amides is 1. The molecule has 1 unspecified atom stereocenters. The van der Waals surface area contributed by atoms with E-state index in [2.05, 4.69) is 43.4 Å². The SMILES string of the molecule is Cc1ccoc1C(=O)NC(c1ccc(C(C)C)cc1)c1cccs1. The molecule has 3 aromatic rings. The van der Waals surface area contributed by atoms with Crippen molar-refractivity contribution in [2.75, 3.05) is 0 Å². The van der Waals surface area contributed by atoms with Crippen LogP contribution in [0.1, 0.15) is 57.9 Å². The van der Waals surface area contributed by atoms with E-state index in [1.165, 1.54) is 5.56 Å². The standard InChI is InChI=1S/C20H21NO2S/c1-13(2)15-6-8-16(9-7-15)18(17-5-4-12-24-17)21-20(22)19-14(3)10-11-23-19/h4-13,18H,1-3H3,(H,21,22). The number of hydrogen-bond donors (Lipinski definition) is 1. The Morgan fingerprint density at radius 1 is 1.08 bits per heavy atom. The van der Waals surface area contributed by atoms with Crippen molar-refractivity contribution in [2.45, 2.75) is 32.7 Å². The lowest BCUT2D eigenvalue weighted by Crippen LogP contribution is -2.29. The molecule has 2 heterocycles. The summed E-state index contributed by atoms with van der Waals surface area (Å²) in [6.45, 7) is 6.22. The van der Waals surface area contributed by atoms with Gasteiger partial charge in [-0.25, -0.2) is 0 Å². The lowest BCUT2D eigenvalue weighted by atomic mass is 9.98. The minimum absolute atomic E-state index is 0.178. The van der Waals surface area contributed by atoms with E-state index >= 15 is 0 Å². The van der Waals surface area contributed by atoms with Crippen molar-refractivity contribution in [2.24, 2.45) is 0 Å². The van der Waals surface area contributed by atoms with Crippen LogP contribution >= 0.6 is 11.3 Å². The highest BCUT2D eigenvalue weighted by Gasteiger charge is 2.21. The zero-order chi connectivity index (χ0) is 17.1. The molecule has 2 aromatic heterocycles. The maximum Gasteiger partial charge on any atom is 0.288 e. The van der Waals surface area contributed by atoms with Crippen LogP contribution in [-0.4, -0.2) is 5.91 Å². The second-order valence-corrected chi connectivity index (χ2v) is 7.16. The van der Waals surface area contributed by atoms with E-state index in [0.717, 1.165) is 16.0 Å². The van der Waals surface area contributed by atoms with Crippen molar-refractivity contribution in [1.29, 1.82) is 0 Å². The first kappa shape index (κ1) is 16.5. The van der Waals surface area contributed by atoms with Crippen molar-refractivity contribution in [3.05, 3.63) is 81.4 Å². The van der Waals surface area contributed by atoms with E-state index in [9.17, 15) is 4.79 Å². The summed E-state index contributed by atoms with van der Waals surface area (Å²) in [6, 6.07) is 14.1. The Morgan fingerprint density at radius 2 is 1.79 bits per heavy atom. The summed E-state index contributed by atoms with van der Waals surface area (Å²) in [6.07, 6.45) is 1.54. The van der Waals surface area contributed by atoms with Gasteiger partial charge in [0.2, 0.25) is 0 Å². The number of carbonyl (C=O) groups excluding carboxylic acids is 1. The summed E-state index contributed by atoms with van der Waals surface area (Å²) in [5, 5.41) is 5.13. The maximum absolute atomic E-state index is 12.6. The number of furan rings is 1. The molecule has 124 valence electrons. The molecule has 1 atom stereocenters. The largest absolute Gasteiger partial charge is 0.459 e. The molecular weight excluding hydrogens is 318 g/mol. The monoisotopic (exact) mass is 339 g/mol. The Kier molecular flexibility index (Phi) is 4.86. The van der Waals surface area contributed by atoms with Gasteiger partial charge in [-0.3, -0.25) is 4.79 Å². The fourth-order valence-corrected chi connectivity index (χ4v) is 3.45. The quantitative estimate of drug-likeness (QED) is 0.686. The van der Waals surface area contributed by atoms with Gasteiger partial charge in [0.15, 0.2) is 5.76 Å². The molecule has 24 heavy (non-hydrogen) atoms. The lowest BCUT2D eigenvalue weighted by molar-refractivity contribution is 0.0914. The number of rotatable bonds is 5. The van der Waals surface area contributed by atoms with Crippen LogP contribution in [0.5, 0.6) is 0 Å². The summed E-state index contributed by atoms with van der Waals surface area (Å²) in [5.74, 6) is 0.666. The van der Waals surface area contributed by atoms with E-state index in [1.54, 1.807) is 23.7 Å². The molecule has 3 rings (SSSR count). The van der Waals surface area contributed by atoms with Crippen LogP contribution < -0.4 is 5.32 Å². The molecule has 0 aliphatic heterocycles. The van der Waals surface area contributed by atoms with Gasteiger partial charge in [0, 0.05) is 10.4 Å². The van der Waals surface area contributed by atoms with Gasteiger partial charge in [0.05, 0.1) is 12.3 Å². The first-order valence-electron chi connectivity index (χ1n) is 8.04. The van der Waals surface area contributed by atoms with Crippen molar-refractivity contribution in [3.63, 3.8) is 0 Å². The summed E-state index contributed by atoms with van der Waals surface area (Å²) < 4.78 is 5.32. The lowest BCUT2D eigenvalue weighted by Gasteiger charge is -2.18. The van der Waals surface area contributed by atoms with E-state index in [4.69, 9.17) is 4.42 Å². The second-order valence-electron chi connectivity index (χ2n) is 6.18. The van der Waals surface area contributed by atoms with Gasteiger partial charge in [0.25, 0.3) is 5.91 Å². The number of aryl methyl sites for hydroxylation is 1. The van der Waals surface area contributed by atoms with Crippen LogP contribution in [0.3, 0.4) is 0 Å². The van der Waals surface area contributed by atoms with Crippen LogP contribution in [-0.2, 0) is 0 Å². The Morgan fingerprint density at radius 3 is 2.33 bits per heavy atom. The van der Waals surface area contributed by atoms with Gasteiger partial charge >= 0.3 is 0 Å². The molecule has 0 saturated carbocycles. The van der Waals surface area contributed by atoms with Crippen molar-refractivity contribution < 1.29 is 9.21 Å². The average molecular weight is 339 g/mol. The molecular formula is C20H21NO2S. The van der Waals surface area contributed by atoms with E-state index < -0.39 is 0 Å². The first-order valence-corrected chi connectivity index (χ1v) is 8.92. The first-order chi connectivity index (χ1) is 11.6. The fourth-order valence-electron chi connectivity index (χ4n) is 2.65. The van der Waals surface area contributed by atoms with Gasteiger partial charge < -0.3 is 9.73 Å². The Hall–Kier alpha value is -2.33. The summed E-state index contributed by atoms with van der Waals surface area (Å²) >= 11 is 1.63. The molecule has 0 radical (unpaired) electrons. The van der Waals surface area contributed by atoms with Crippen LogP contribution in [0.15, 0.2) is 58.5 Å². The molecule has 0 spiro atoms. The van der Waals surface area contributed by atoms with Crippen LogP contribution in [0.2, 0.25) is 0 Å². The second kappa shape index (κ2) is 7.05. The molecule has 1 amide bonds. The minimum atomic E-state index is -0.191. The van der Waals surface area contributed by atoms with Gasteiger partial charge in [-0.05, 0) is 41.5 Å². The highest BCUT2D eigenvalue weighted by atomic mass is 32.1. The van der Waals surface area contributed by atoms with Crippen LogP contribution in [0.25, 0.3) is 0 Å². The predicted octanol–water partition coefficient (Wildman–Crippen LogP) is 5.29. The Labute approximate surface area is 146 Å². The molecule has 1 N–H and O–H groups in total. The van der Waals surface area contributed by atoms with Crippen LogP contribution in [0.4, 0.5) is 0 Å². The highest BCUT2D eigenvalue weighted by molar-refractivity contribution is 7.10. The number of carbonyl (C=O) groups is 1. The molecule has 3 nitrogen and oxygen atoms in total. The number of thiophene rings is 1.